The number of halogens is 1. The van der Waals surface area contributed by atoms with Crippen molar-refractivity contribution in [3.8, 4) is 17.1 Å². The van der Waals surface area contributed by atoms with Gasteiger partial charge in [0.2, 0.25) is 0 Å². The van der Waals surface area contributed by atoms with Crippen LogP contribution in [0.5, 0.6) is 5.75 Å². The fourth-order valence-corrected chi connectivity index (χ4v) is 2.00. The number of rotatable bonds is 3. The number of benzene rings is 1. The lowest BCUT2D eigenvalue weighted by Gasteiger charge is -2.05. The van der Waals surface area contributed by atoms with Crippen molar-refractivity contribution in [3.63, 3.8) is 0 Å². The second kappa shape index (κ2) is 4.67. The first kappa shape index (κ1) is 11.2. The number of hydrogen-bond donors (Lipinski definition) is 1. The van der Waals surface area contributed by atoms with Gasteiger partial charge in [0, 0.05) is 12.1 Å². The number of nitrogens with two attached hydrogens (primary N) is 1. The van der Waals surface area contributed by atoms with Crippen LogP contribution in [-0.2, 0) is 6.54 Å². The smallest absolute Gasteiger partial charge is 0.181 e. The normalized spacial score (nSPS) is 10.4. The first-order valence-corrected chi connectivity index (χ1v) is 5.52. The van der Waals surface area contributed by atoms with Crippen LogP contribution < -0.4 is 10.5 Å². The first-order chi connectivity index (χ1) is 7.76. The Labute approximate surface area is 102 Å². The van der Waals surface area contributed by atoms with Crippen LogP contribution in [0.3, 0.4) is 0 Å². The molecule has 2 rings (SSSR count). The van der Waals surface area contributed by atoms with E-state index in [0.717, 1.165) is 21.5 Å². The molecule has 0 radical (unpaired) electrons. The van der Waals surface area contributed by atoms with E-state index < -0.39 is 0 Å². The summed E-state index contributed by atoms with van der Waals surface area (Å²) in [6.07, 6.45) is 1.40. The van der Waals surface area contributed by atoms with Gasteiger partial charge in [-0.25, -0.2) is 4.98 Å². The van der Waals surface area contributed by atoms with Crippen LogP contribution in [0.2, 0.25) is 0 Å². The van der Waals surface area contributed by atoms with Gasteiger partial charge in [-0.2, -0.15) is 0 Å². The molecule has 2 N–H and O–H groups in total. The van der Waals surface area contributed by atoms with Crippen LogP contribution in [-0.4, -0.2) is 12.1 Å². The first-order valence-electron chi connectivity index (χ1n) is 4.72. The van der Waals surface area contributed by atoms with Crippen LogP contribution in [0, 0.1) is 0 Å². The van der Waals surface area contributed by atoms with Gasteiger partial charge in [-0.15, -0.1) is 0 Å². The summed E-state index contributed by atoms with van der Waals surface area (Å²) in [5.41, 5.74) is 7.24. The fraction of sp³-hybridized carbons (Fsp3) is 0.182. The number of oxazole rings is 1. The second-order valence-electron chi connectivity index (χ2n) is 3.18. The minimum Gasteiger partial charge on any atom is -0.496 e. The van der Waals surface area contributed by atoms with Crippen molar-refractivity contribution >= 4 is 15.9 Å². The number of methoxy groups -OCH3 is 1. The van der Waals surface area contributed by atoms with E-state index in [0.29, 0.717) is 12.3 Å². The topological polar surface area (TPSA) is 61.3 Å². The summed E-state index contributed by atoms with van der Waals surface area (Å²) in [6, 6.07) is 5.68. The zero-order chi connectivity index (χ0) is 11.5. The van der Waals surface area contributed by atoms with E-state index in [1.807, 2.05) is 18.2 Å². The van der Waals surface area contributed by atoms with Gasteiger partial charge >= 0.3 is 0 Å². The lowest BCUT2D eigenvalue weighted by atomic mass is 10.1. The van der Waals surface area contributed by atoms with Gasteiger partial charge in [0.25, 0.3) is 0 Å². The minimum absolute atomic E-state index is 0.357. The summed E-state index contributed by atoms with van der Waals surface area (Å²) in [6.45, 7) is 0.357. The number of ether oxygens (including phenoxy) is 1. The summed E-state index contributed by atoms with van der Waals surface area (Å²) in [5.74, 6) is 1.48. The Morgan fingerprint density at radius 1 is 1.50 bits per heavy atom. The molecular weight excluding hydrogens is 272 g/mol. The van der Waals surface area contributed by atoms with Crippen molar-refractivity contribution in [2.45, 2.75) is 6.54 Å². The van der Waals surface area contributed by atoms with E-state index in [1.54, 1.807) is 7.11 Å². The van der Waals surface area contributed by atoms with Crippen molar-refractivity contribution in [2.75, 3.05) is 7.11 Å². The molecule has 0 spiro atoms. The summed E-state index contributed by atoms with van der Waals surface area (Å²) >= 11 is 3.42. The van der Waals surface area contributed by atoms with Crippen molar-refractivity contribution < 1.29 is 9.15 Å². The van der Waals surface area contributed by atoms with Gasteiger partial charge in [-0.05, 0) is 34.1 Å². The van der Waals surface area contributed by atoms with Crippen LogP contribution in [0.4, 0.5) is 0 Å². The van der Waals surface area contributed by atoms with E-state index in [1.165, 1.54) is 6.39 Å². The zero-order valence-electron chi connectivity index (χ0n) is 8.74. The third-order valence-corrected chi connectivity index (χ3v) is 2.87. The average Bonchev–Trinajstić information content (AvgIpc) is 2.77. The molecule has 1 heterocycles. The molecule has 16 heavy (non-hydrogen) atoms. The van der Waals surface area contributed by atoms with Crippen LogP contribution in [0.1, 0.15) is 5.69 Å². The largest absolute Gasteiger partial charge is 0.496 e. The predicted molar refractivity (Wildman–Crippen MR) is 64.1 cm³/mol. The molecule has 0 saturated heterocycles. The maximum atomic E-state index is 5.57. The van der Waals surface area contributed by atoms with E-state index in [4.69, 9.17) is 14.9 Å². The number of aromatic nitrogens is 1. The summed E-state index contributed by atoms with van der Waals surface area (Å²) in [7, 11) is 1.62. The van der Waals surface area contributed by atoms with Gasteiger partial charge in [-0.3, -0.25) is 0 Å². The van der Waals surface area contributed by atoms with E-state index in [9.17, 15) is 0 Å². The molecule has 0 atom stereocenters. The van der Waals surface area contributed by atoms with Gasteiger partial charge in [0.1, 0.15) is 11.4 Å². The highest BCUT2D eigenvalue weighted by molar-refractivity contribution is 9.10. The highest BCUT2D eigenvalue weighted by atomic mass is 79.9. The van der Waals surface area contributed by atoms with Crippen molar-refractivity contribution in [1.82, 2.24) is 4.98 Å². The van der Waals surface area contributed by atoms with Gasteiger partial charge in [0.05, 0.1) is 11.6 Å². The molecule has 0 fully saturated rings. The summed E-state index contributed by atoms with van der Waals surface area (Å²) in [4.78, 5) is 4.05. The molecule has 0 unspecified atom stereocenters. The number of nitrogens with zero attached hydrogens (tertiary/aromatic N) is 1. The van der Waals surface area contributed by atoms with E-state index in [-0.39, 0.29) is 0 Å². The Balaban J connectivity index is 2.45. The quantitative estimate of drug-likeness (QED) is 0.940. The lowest BCUT2D eigenvalue weighted by Crippen LogP contribution is -1.98. The van der Waals surface area contributed by atoms with Crippen molar-refractivity contribution in [3.05, 3.63) is 34.8 Å². The van der Waals surface area contributed by atoms with Gasteiger partial charge in [0.15, 0.2) is 12.2 Å². The third-order valence-electron chi connectivity index (χ3n) is 2.25. The van der Waals surface area contributed by atoms with Crippen LogP contribution in [0.15, 0.2) is 33.5 Å². The molecule has 1 aromatic heterocycles. The number of hydrogen-bond acceptors (Lipinski definition) is 4. The Bertz CT molecular complexity index is 496. The highest BCUT2D eigenvalue weighted by Gasteiger charge is 2.11. The SMILES string of the molecule is COc1ccc(-c2ocnc2CN)cc1Br. The second-order valence-corrected chi connectivity index (χ2v) is 4.04. The minimum atomic E-state index is 0.357. The van der Waals surface area contributed by atoms with Crippen LogP contribution in [0.25, 0.3) is 11.3 Å². The van der Waals surface area contributed by atoms with Crippen LogP contribution >= 0.6 is 15.9 Å². The Kier molecular flexibility index (Phi) is 3.26. The third kappa shape index (κ3) is 1.96. The average molecular weight is 283 g/mol. The maximum absolute atomic E-state index is 5.57. The monoisotopic (exact) mass is 282 g/mol. The van der Waals surface area contributed by atoms with E-state index >= 15 is 0 Å². The Morgan fingerprint density at radius 2 is 2.31 bits per heavy atom. The van der Waals surface area contributed by atoms with Crippen molar-refractivity contribution in [2.24, 2.45) is 5.73 Å². The summed E-state index contributed by atoms with van der Waals surface area (Å²) < 4.78 is 11.3. The molecule has 4 nitrogen and oxygen atoms in total. The van der Waals surface area contributed by atoms with E-state index in [2.05, 4.69) is 20.9 Å². The molecule has 0 amide bonds. The van der Waals surface area contributed by atoms with Crippen molar-refractivity contribution in [1.29, 1.82) is 0 Å². The molecular formula is C11H11BrN2O2. The fourth-order valence-electron chi connectivity index (χ4n) is 1.46. The summed E-state index contributed by atoms with van der Waals surface area (Å²) in [5, 5.41) is 0. The zero-order valence-corrected chi connectivity index (χ0v) is 10.3. The maximum Gasteiger partial charge on any atom is 0.181 e. The molecule has 2 aromatic rings. The lowest BCUT2D eigenvalue weighted by molar-refractivity contribution is 0.412. The molecule has 84 valence electrons. The molecule has 0 aliphatic rings. The Hall–Kier alpha value is -1.33. The predicted octanol–water partition coefficient (Wildman–Crippen LogP) is 2.57. The Morgan fingerprint density at radius 3 is 2.94 bits per heavy atom. The molecule has 0 aliphatic heterocycles. The molecule has 0 saturated carbocycles. The molecule has 1 aromatic carbocycles. The standard InChI is InChI=1S/C11H11BrN2O2/c1-15-10-3-2-7(4-8(10)12)11-9(5-13)14-6-16-11/h2-4,6H,5,13H2,1H3. The molecule has 5 heteroatoms. The van der Waals surface area contributed by atoms with Gasteiger partial charge in [-0.1, -0.05) is 0 Å². The highest BCUT2D eigenvalue weighted by Crippen LogP contribution is 2.31. The molecule has 0 aliphatic carbocycles. The van der Waals surface area contributed by atoms with Gasteiger partial charge < -0.3 is 14.9 Å². The molecule has 0 bridgehead atoms.